The van der Waals surface area contributed by atoms with Crippen molar-refractivity contribution in [3.8, 4) is 5.75 Å². The van der Waals surface area contributed by atoms with E-state index in [0.29, 0.717) is 0 Å². The van der Waals surface area contributed by atoms with Crippen molar-refractivity contribution in [3.05, 3.63) is 47.7 Å². The highest BCUT2D eigenvalue weighted by molar-refractivity contribution is 5.35. The lowest BCUT2D eigenvalue weighted by atomic mass is 10.1. The van der Waals surface area contributed by atoms with Crippen LogP contribution < -0.4 is 10.1 Å². The summed E-state index contributed by atoms with van der Waals surface area (Å²) < 4.78 is 10.8. The molecule has 0 aliphatic heterocycles. The van der Waals surface area contributed by atoms with Gasteiger partial charge in [-0.3, -0.25) is 4.98 Å². The lowest BCUT2D eigenvalue weighted by Gasteiger charge is -2.16. The number of aryl methyl sites for hydroxylation is 1. The Kier molecular flexibility index (Phi) is 3.44. The fraction of sp³-hybridized carbons (Fsp3) is 0.308. The topological polar surface area (TPSA) is 47.3 Å². The van der Waals surface area contributed by atoms with E-state index in [1.807, 2.05) is 32.2 Å². The van der Waals surface area contributed by atoms with E-state index in [1.54, 1.807) is 19.6 Å². The van der Waals surface area contributed by atoms with E-state index in [-0.39, 0.29) is 6.04 Å². The normalized spacial score (nSPS) is 12.4. The first kappa shape index (κ1) is 11.7. The summed E-state index contributed by atoms with van der Waals surface area (Å²) in [7, 11) is 3.52. The molecule has 0 aliphatic carbocycles. The van der Waals surface area contributed by atoms with E-state index < -0.39 is 0 Å². The van der Waals surface area contributed by atoms with Crippen molar-refractivity contribution in [2.24, 2.45) is 0 Å². The van der Waals surface area contributed by atoms with Gasteiger partial charge in [-0.15, -0.1) is 0 Å². The van der Waals surface area contributed by atoms with Crippen molar-refractivity contribution in [3.63, 3.8) is 0 Å². The SMILES string of the molecule is CNC(c1ncccc1OC)c1occc1C. The molecule has 0 aromatic carbocycles. The summed E-state index contributed by atoms with van der Waals surface area (Å²) in [5.74, 6) is 1.62. The Labute approximate surface area is 101 Å². The van der Waals surface area contributed by atoms with E-state index in [4.69, 9.17) is 9.15 Å². The maximum atomic E-state index is 5.51. The van der Waals surface area contributed by atoms with Gasteiger partial charge >= 0.3 is 0 Å². The first-order chi connectivity index (χ1) is 8.27. The number of hydrogen-bond donors (Lipinski definition) is 1. The maximum Gasteiger partial charge on any atom is 0.142 e. The fourth-order valence-corrected chi connectivity index (χ4v) is 1.86. The van der Waals surface area contributed by atoms with E-state index in [0.717, 1.165) is 22.8 Å². The summed E-state index contributed by atoms with van der Waals surface area (Å²) >= 11 is 0. The van der Waals surface area contributed by atoms with Gasteiger partial charge in [0.2, 0.25) is 0 Å². The van der Waals surface area contributed by atoms with Crippen LogP contribution in [-0.4, -0.2) is 19.1 Å². The van der Waals surface area contributed by atoms with Crippen LogP contribution >= 0.6 is 0 Å². The van der Waals surface area contributed by atoms with Crippen LogP contribution in [0.25, 0.3) is 0 Å². The fourth-order valence-electron chi connectivity index (χ4n) is 1.86. The molecule has 0 fully saturated rings. The lowest BCUT2D eigenvalue weighted by Crippen LogP contribution is -2.19. The number of aromatic nitrogens is 1. The van der Waals surface area contributed by atoms with Crippen molar-refractivity contribution < 1.29 is 9.15 Å². The van der Waals surface area contributed by atoms with Gasteiger partial charge in [0.15, 0.2) is 0 Å². The molecule has 2 aromatic heterocycles. The summed E-state index contributed by atoms with van der Waals surface area (Å²) in [4.78, 5) is 4.37. The van der Waals surface area contributed by atoms with Crippen molar-refractivity contribution in [1.29, 1.82) is 0 Å². The Morgan fingerprint density at radius 3 is 2.82 bits per heavy atom. The molecule has 2 rings (SSSR count). The van der Waals surface area contributed by atoms with Gasteiger partial charge < -0.3 is 14.5 Å². The number of pyridine rings is 1. The van der Waals surface area contributed by atoms with Gasteiger partial charge in [-0.05, 0) is 37.7 Å². The van der Waals surface area contributed by atoms with Crippen molar-refractivity contribution in [2.75, 3.05) is 14.2 Å². The van der Waals surface area contributed by atoms with Gasteiger partial charge in [0.25, 0.3) is 0 Å². The summed E-state index contributed by atoms with van der Waals surface area (Å²) in [6, 6.07) is 5.59. The third-order valence-corrected chi connectivity index (χ3v) is 2.75. The molecule has 0 saturated carbocycles. The summed E-state index contributed by atoms with van der Waals surface area (Å²) in [5.41, 5.74) is 1.92. The lowest BCUT2D eigenvalue weighted by molar-refractivity contribution is 0.391. The molecule has 0 bridgehead atoms. The molecule has 2 heterocycles. The third-order valence-electron chi connectivity index (χ3n) is 2.75. The van der Waals surface area contributed by atoms with Gasteiger partial charge in [0, 0.05) is 6.20 Å². The number of methoxy groups -OCH3 is 1. The molecule has 4 heteroatoms. The largest absolute Gasteiger partial charge is 0.495 e. The molecule has 0 amide bonds. The molecule has 1 atom stereocenters. The van der Waals surface area contributed by atoms with Gasteiger partial charge in [0.1, 0.15) is 23.2 Å². The van der Waals surface area contributed by atoms with Crippen molar-refractivity contribution in [1.82, 2.24) is 10.3 Å². The molecule has 1 N–H and O–H groups in total. The zero-order valence-corrected chi connectivity index (χ0v) is 10.2. The summed E-state index contributed by atoms with van der Waals surface area (Å²) in [5, 5.41) is 3.20. The van der Waals surface area contributed by atoms with Crippen LogP contribution in [0.3, 0.4) is 0 Å². The summed E-state index contributed by atoms with van der Waals surface area (Å²) in [6.45, 7) is 2.01. The molecule has 0 aliphatic rings. The number of hydrogen-bond acceptors (Lipinski definition) is 4. The molecule has 0 saturated heterocycles. The minimum absolute atomic E-state index is 0.0962. The van der Waals surface area contributed by atoms with Crippen LogP contribution in [0, 0.1) is 6.92 Å². The Bertz CT molecular complexity index is 494. The smallest absolute Gasteiger partial charge is 0.142 e. The molecule has 0 radical (unpaired) electrons. The highest BCUT2D eigenvalue weighted by Gasteiger charge is 2.22. The van der Waals surface area contributed by atoms with E-state index >= 15 is 0 Å². The number of furan rings is 1. The van der Waals surface area contributed by atoms with Gasteiger partial charge in [0.05, 0.1) is 13.4 Å². The highest BCUT2D eigenvalue weighted by Crippen LogP contribution is 2.29. The second-order valence-electron chi connectivity index (χ2n) is 3.78. The Morgan fingerprint density at radius 2 is 2.24 bits per heavy atom. The van der Waals surface area contributed by atoms with Crippen LogP contribution in [0.4, 0.5) is 0 Å². The van der Waals surface area contributed by atoms with Crippen LogP contribution in [0.5, 0.6) is 5.75 Å². The molecular formula is C13H16N2O2. The van der Waals surface area contributed by atoms with Gasteiger partial charge in [-0.2, -0.15) is 0 Å². The number of nitrogens with one attached hydrogen (secondary N) is 1. The molecule has 2 aromatic rings. The predicted octanol–water partition coefficient (Wildman–Crippen LogP) is 2.30. The predicted molar refractivity (Wildman–Crippen MR) is 65.1 cm³/mol. The van der Waals surface area contributed by atoms with E-state index in [9.17, 15) is 0 Å². The summed E-state index contributed by atoms with van der Waals surface area (Å²) in [6.07, 6.45) is 3.44. The van der Waals surface area contributed by atoms with Crippen LogP contribution in [0.1, 0.15) is 23.1 Å². The molecule has 90 valence electrons. The molecule has 0 spiro atoms. The van der Waals surface area contributed by atoms with Crippen LogP contribution in [0.2, 0.25) is 0 Å². The first-order valence-electron chi connectivity index (χ1n) is 5.48. The zero-order chi connectivity index (χ0) is 12.3. The van der Waals surface area contributed by atoms with Gasteiger partial charge in [-0.1, -0.05) is 0 Å². The Morgan fingerprint density at radius 1 is 1.41 bits per heavy atom. The second-order valence-corrected chi connectivity index (χ2v) is 3.78. The number of ether oxygens (including phenoxy) is 1. The molecule has 1 unspecified atom stereocenters. The second kappa shape index (κ2) is 5.01. The standard InChI is InChI=1S/C13H16N2O2/c1-9-6-8-17-13(9)12(14-2)11-10(16-3)5-4-7-15-11/h4-8,12,14H,1-3H3. The van der Waals surface area contributed by atoms with Gasteiger partial charge in [-0.25, -0.2) is 0 Å². The number of rotatable bonds is 4. The minimum Gasteiger partial charge on any atom is -0.495 e. The first-order valence-corrected chi connectivity index (χ1v) is 5.48. The molecule has 17 heavy (non-hydrogen) atoms. The molecular weight excluding hydrogens is 216 g/mol. The maximum absolute atomic E-state index is 5.51. The minimum atomic E-state index is -0.0962. The monoisotopic (exact) mass is 232 g/mol. The van der Waals surface area contributed by atoms with E-state index in [2.05, 4.69) is 10.3 Å². The quantitative estimate of drug-likeness (QED) is 0.878. The van der Waals surface area contributed by atoms with Crippen molar-refractivity contribution >= 4 is 0 Å². The highest BCUT2D eigenvalue weighted by atomic mass is 16.5. The van der Waals surface area contributed by atoms with E-state index in [1.165, 1.54) is 0 Å². The third kappa shape index (κ3) is 2.17. The Hall–Kier alpha value is -1.81. The number of nitrogens with zero attached hydrogens (tertiary/aromatic N) is 1. The Balaban J connectivity index is 2.46. The van der Waals surface area contributed by atoms with Crippen LogP contribution in [-0.2, 0) is 0 Å². The van der Waals surface area contributed by atoms with Crippen molar-refractivity contribution in [2.45, 2.75) is 13.0 Å². The average Bonchev–Trinajstić information content (AvgIpc) is 2.78. The molecule has 4 nitrogen and oxygen atoms in total. The average molecular weight is 232 g/mol. The van der Waals surface area contributed by atoms with Crippen LogP contribution in [0.15, 0.2) is 35.1 Å². The zero-order valence-electron chi connectivity index (χ0n) is 10.2.